The van der Waals surface area contributed by atoms with Gasteiger partial charge in [0.05, 0.1) is 12.1 Å². The van der Waals surface area contributed by atoms with E-state index in [1.54, 1.807) is 6.92 Å². The van der Waals surface area contributed by atoms with Gasteiger partial charge in [0.2, 0.25) is 5.91 Å². The van der Waals surface area contributed by atoms with Crippen molar-refractivity contribution in [3.8, 4) is 0 Å². The normalized spacial score (nSPS) is 22.4. The van der Waals surface area contributed by atoms with Crippen LogP contribution in [-0.4, -0.2) is 26.4 Å². The number of amides is 1. The van der Waals surface area contributed by atoms with Crippen molar-refractivity contribution in [2.24, 2.45) is 5.92 Å². The predicted molar refractivity (Wildman–Crippen MR) is 119 cm³/mol. The van der Waals surface area contributed by atoms with Crippen molar-refractivity contribution in [2.45, 2.75) is 58.0 Å². The molecular weight excluding hydrogens is 362 g/mol. The van der Waals surface area contributed by atoms with Crippen LogP contribution < -0.4 is 15.7 Å². The van der Waals surface area contributed by atoms with Gasteiger partial charge in [-0.05, 0) is 34.2 Å². The molecule has 2 aromatic carbocycles. The van der Waals surface area contributed by atoms with Crippen LogP contribution in [0.3, 0.4) is 0 Å². The molecule has 1 aliphatic rings. The minimum absolute atomic E-state index is 0.0256. The molecule has 150 valence electrons. The molecule has 0 heterocycles. The third-order valence-corrected chi connectivity index (χ3v) is 11.3. The maximum absolute atomic E-state index is 11.9. The molecule has 28 heavy (non-hydrogen) atoms. The summed E-state index contributed by atoms with van der Waals surface area (Å²) in [6.45, 7) is 11.2. The molecule has 0 radical (unpaired) electrons. The molecule has 2 aromatic rings. The van der Waals surface area contributed by atoms with Crippen molar-refractivity contribution in [2.75, 3.05) is 6.61 Å². The molecule has 1 saturated carbocycles. The van der Waals surface area contributed by atoms with Crippen LogP contribution in [0.4, 0.5) is 0 Å². The zero-order valence-electron chi connectivity index (χ0n) is 17.8. The lowest BCUT2D eigenvalue weighted by atomic mass is 9.68. The van der Waals surface area contributed by atoms with Crippen LogP contribution in [0.25, 0.3) is 0 Å². The minimum atomic E-state index is -2.57. The standard InChI is InChI=1S/C24H33NO2Si/c1-19-16-17-24(19,25-20(2)26)18-27-28(23(3,4)5,21-12-8-6-9-13-21)22-14-10-7-11-15-22/h6-15,19H,16-18H2,1-5H3,(H,25,26)/t19-,24-/m1/s1. The lowest BCUT2D eigenvalue weighted by Crippen LogP contribution is -2.70. The average Bonchev–Trinajstić information content (AvgIpc) is 2.66. The van der Waals surface area contributed by atoms with E-state index in [-0.39, 0.29) is 16.5 Å². The summed E-state index contributed by atoms with van der Waals surface area (Å²) in [5.41, 5.74) is -0.251. The summed E-state index contributed by atoms with van der Waals surface area (Å²) in [4.78, 5) is 11.9. The third-order valence-electron chi connectivity index (χ3n) is 6.35. The molecule has 0 aliphatic heterocycles. The van der Waals surface area contributed by atoms with E-state index in [4.69, 9.17) is 4.43 Å². The van der Waals surface area contributed by atoms with Crippen molar-refractivity contribution in [1.29, 1.82) is 0 Å². The molecule has 0 spiro atoms. The topological polar surface area (TPSA) is 38.3 Å². The zero-order valence-corrected chi connectivity index (χ0v) is 18.8. The van der Waals surface area contributed by atoms with Crippen LogP contribution in [0.15, 0.2) is 60.7 Å². The van der Waals surface area contributed by atoms with Gasteiger partial charge >= 0.3 is 0 Å². The van der Waals surface area contributed by atoms with Gasteiger partial charge in [-0.1, -0.05) is 88.4 Å². The molecule has 3 rings (SSSR count). The molecule has 1 aliphatic carbocycles. The Morgan fingerprint density at radius 1 is 1.07 bits per heavy atom. The fourth-order valence-corrected chi connectivity index (χ4v) is 9.20. The summed E-state index contributed by atoms with van der Waals surface area (Å²) >= 11 is 0. The molecule has 1 amide bonds. The average molecular weight is 396 g/mol. The maximum atomic E-state index is 11.9. The first kappa shape index (κ1) is 20.8. The molecule has 0 saturated heterocycles. The lowest BCUT2D eigenvalue weighted by Gasteiger charge is -2.52. The maximum Gasteiger partial charge on any atom is 0.261 e. The minimum Gasteiger partial charge on any atom is -0.405 e. The number of rotatable bonds is 6. The molecule has 3 nitrogen and oxygen atoms in total. The second kappa shape index (κ2) is 7.84. The van der Waals surface area contributed by atoms with Gasteiger partial charge in [-0.25, -0.2) is 0 Å². The summed E-state index contributed by atoms with van der Waals surface area (Å²) in [5.74, 6) is 0.451. The van der Waals surface area contributed by atoms with Gasteiger partial charge in [-0.3, -0.25) is 4.79 Å². The van der Waals surface area contributed by atoms with E-state index in [2.05, 4.69) is 93.7 Å². The highest BCUT2D eigenvalue weighted by Gasteiger charge is 2.53. The monoisotopic (exact) mass is 395 g/mol. The van der Waals surface area contributed by atoms with Gasteiger partial charge in [0.1, 0.15) is 0 Å². The van der Waals surface area contributed by atoms with Crippen LogP contribution >= 0.6 is 0 Å². The Kier molecular flexibility index (Phi) is 5.83. The van der Waals surface area contributed by atoms with Crippen molar-refractivity contribution in [3.63, 3.8) is 0 Å². The highest BCUT2D eigenvalue weighted by Crippen LogP contribution is 2.42. The molecule has 0 unspecified atom stereocenters. The summed E-state index contributed by atoms with van der Waals surface area (Å²) in [5, 5.41) is 5.73. The van der Waals surface area contributed by atoms with Crippen molar-refractivity contribution in [1.82, 2.24) is 5.32 Å². The number of nitrogens with one attached hydrogen (secondary N) is 1. The Hall–Kier alpha value is -1.91. The van der Waals surface area contributed by atoms with Crippen molar-refractivity contribution in [3.05, 3.63) is 60.7 Å². The number of hydrogen-bond acceptors (Lipinski definition) is 2. The van der Waals surface area contributed by atoms with E-state index in [0.717, 1.165) is 12.8 Å². The Morgan fingerprint density at radius 3 is 1.89 bits per heavy atom. The molecule has 2 atom stereocenters. The Morgan fingerprint density at radius 2 is 1.57 bits per heavy atom. The van der Waals surface area contributed by atoms with Crippen LogP contribution in [0, 0.1) is 5.92 Å². The SMILES string of the molecule is CC(=O)N[C@@]1(CO[Si](c2ccccc2)(c2ccccc2)C(C)(C)C)CC[C@H]1C. The van der Waals surface area contributed by atoms with E-state index in [9.17, 15) is 4.79 Å². The van der Waals surface area contributed by atoms with Crippen molar-refractivity contribution >= 4 is 24.6 Å². The van der Waals surface area contributed by atoms with E-state index in [1.807, 2.05) is 0 Å². The highest BCUT2D eigenvalue weighted by atomic mass is 28.4. The van der Waals surface area contributed by atoms with Crippen LogP contribution in [0.1, 0.15) is 47.5 Å². The van der Waals surface area contributed by atoms with Gasteiger partial charge in [0.25, 0.3) is 8.32 Å². The second-order valence-corrected chi connectivity index (χ2v) is 13.5. The first-order valence-electron chi connectivity index (χ1n) is 10.2. The number of carbonyl (C=O) groups is 1. The van der Waals surface area contributed by atoms with Crippen LogP contribution in [0.2, 0.25) is 5.04 Å². The molecule has 1 fully saturated rings. The fourth-order valence-electron chi connectivity index (χ4n) is 4.57. The quantitative estimate of drug-likeness (QED) is 0.754. The third kappa shape index (κ3) is 3.68. The van der Waals surface area contributed by atoms with Crippen molar-refractivity contribution < 1.29 is 9.22 Å². The van der Waals surface area contributed by atoms with Crippen LogP contribution in [-0.2, 0) is 9.22 Å². The number of hydrogen-bond donors (Lipinski definition) is 1. The molecule has 4 heteroatoms. The van der Waals surface area contributed by atoms with E-state index in [0.29, 0.717) is 12.5 Å². The number of benzene rings is 2. The van der Waals surface area contributed by atoms with E-state index >= 15 is 0 Å². The number of carbonyl (C=O) groups excluding carboxylic acids is 1. The molecule has 0 aromatic heterocycles. The highest BCUT2D eigenvalue weighted by molar-refractivity contribution is 6.99. The van der Waals surface area contributed by atoms with Gasteiger partial charge in [0.15, 0.2) is 0 Å². The lowest BCUT2D eigenvalue weighted by molar-refractivity contribution is -0.124. The van der Waals surface area contributed by atoms with Gasteiger partial charge in [0, 0.05) is 6.92 Å². The predicted octanol–water partition coefficient (Wildman–Crippen LogP) is 3.87. The largest absolute Gasteiger partial charge is 0.405 e. The summed E-state index contributed by atoms with van der Waals surface area (Å²) in [7, 11) is -2.57. The summed E-state index contributed by atoms with van der Waals surface area (Å²) in [6, 6.07) is 21.4. The first-order chi connectivity index (χ1) is 13.2. The first-order valence-corrected chi connectivity index (χ1v) is 12.2. The molecule has 0 bridgehead atoms. The summed E-state index contributed by atoms with van der Waals surface area (Å²) in [6.07, 6.45) is 2.11. The second-order valence-electron chi connectivity index (χ2n) is 9.23. The van der Waals surface area contributed by atoms with Gasteiger partial charge in [-0.15, -0.1) is 0 Å². The zero-order chi connectivity index (χ0) is 20.4. The Balaban J connectivity index is 2.07. The van der Waals surface area contributed by atoms with E-state index in [1.165, 1.54) is 10.4 Å². The van der Waals surface area contributed by atoms with Gasteiger partial charge < -0.3 is 9.74 Å². The summed E-state index contributed by atoms with van der Waals surface area (Å²) < 4.78 is 7.07. The molecular formula is C24H33NO2Si. The smallest absolute Gasteiger partial charge is 0.261 e. The molecule has 1 N–H and O–H groups in total. The Labute approximate surface area is 170 Å². The van der Waals surface area contributed by atoms with Crippen LogP contribution in [0.5, 0.6) is 0 Å². The van der Waals surface area contributed by atoms with Gasteiger partial charge in [-0.2, -0.15) is 0 Å². The Bertz CT molecular complexity index is 761. The fraction of sp³-hybridized carbons (Fsp3) is 0.458. The van der Waals surface area contributed by atoms with E-state index < -0.39 is 8.32 Å².